The van der Waals surface area contributed by atoms with Gasteiger partial charge in [-0.2, -0.15) is 13.2 Å². The van der Waals surface area contributed by atoms with Gasteiger partial charge in [0.15, 0.2) is 0 Å². The highest BCUT2D eigenvalue weighted by atomic mass is 79.9. The Morgan fingerprint density at radius 2 is 1.96 bits per heavy atom. The number of hydrogen-bond donors (Lipinski definition) is 1. The number of nitrogens with one attached hydrogen (secondary N) is 1. The summed E-state index contributed by atoms with van der Waals surface area (Å²) in [7, 11) is 0. The van der Waals surface area contributed by atoms with Gasteiger partial charge in [-0.1, -0.05) is 53.5 Å². The average molecular weight is 470 g/mol. The molecule has 4 rings (SSSR count). The average Bonchev–Trinajstić information content (AvgIpc) is 2.63. The number of anilines is 1. The second-order valence-corrected chi connectivity index (χ2v) is 10.0. The van der Waals surface area contributed by atoms with Gasteiger partial charge in [-0.3, -0.25) is 0 Å². The zero-order valence-corrected chi connectivity index (χ0v) is 18.1. The van der Waals surface area contributed by atoms with E-state index in [1.165, 1.54) is 36.7 Å². The minimum atomic E-state index is -4.34. The van der Waals surface area contributed by atoms with Crippen LogP contribution in [0.3, 0.4) is 0 Å². The van der Waals surface area contributed by atoms with Crippen molar-refractivity contribution < 1.29 is 13.2 Å². The van der Waals surface area contributed by atoms with Crippen molar-refractivity contribution in [3.05, 3.63) is 51.5 Å². The fourth-order valence-corrected chi connectivity index (χ4v) is 6.02. The fraction of sp³-hybridized carbons (Fsp3) is 0.455. The molecular formula is C22H23BrF3NS. The molecule has 0 aromatic heterocycles. The summed E-state index contributed by atoms with van der Waals surface area (Å²) < 4.78 is 41.4. The first-order valence-electron chi connectivity index (χ1n) is 9.74. The topological polar surface area (TPSA) is 12.0 Å². The minimum absolute atomic E-state index is 0.536. The maximum Gasteiger partial charge on any atom is 0.416 e. The second-order valence-electron chi connectivity index (χ2n) is 8.05. The molecule has 2 atom stereocenters. The predicted octanol–water partition coefficient (Wildman–Crippen LogP) is 7.76. The molecule has 150 valence electrons. The van der Waals surface area contributed by atoms with Gasteiger partial charge < -0.3 is 5.32 Å². The second kappa shape index (κ2) is 7.94. The van der Waals surface area contributed by atoms with Crippen LogP contribution in [0.5, 0.6) is 0 Å². The summed E-state index contributed by atoms with van der Waals surface area (Å²) in [6.07, 6.45) is 1.10. The van der Waals surface area contributed by atoms with Crippen LogP contribution >= 0.6 is 27.7 Å². The van der Waals surface area contributed by atoms with Crippen molar-refractivity contribution in [3.63, 3.8) is 0 Å². The lowest BCUT2D eigenvalue weighted by molar-refractivity contribution is -0.137. The summed E-state index contributed by atoms with van der Waals surface area (Å²) in [5.41, 5.74) is 2.22. The van der Waals surface area contributed by atoms with E-state index >= 15 is 0 Å². The van der Waals surface area contributed by atoms with Gasteiger partial charge in [0.05, 0.1) is 5.56 Å². The first-order chi connectivity index (χ1) is 13.3. The highest BCUT2D eigenvalue weighted by Crippen LogP contribution is 2.46. The Morgan fingerprint density at radius 1 is 1.14 bits per heavy atom. The Hall–Kier alpha value is -1.14. The van der Waals surface area contributed by atoms with Crippen LogP contribution in [0.2, 0.25) is 0 Å². The number of fused-ring (bicyclic) bond motifs is 2. The van der Waals surface area contributed by atoms with Gasteiger partial charge in [-0.05, 0) is 60.1 Å². The quantitative estimate of drug-likeness (QED) is 0.420. The van der Waals surface area contributed by atoms with E-state index in [9.17, 15) is 13.2 Å². The summed E-state index contributed by atoms with van der Waals surface area (Å²) >= 11 is 4.89. The fourth-order valence-electron chi connectivity index (χ4n) is 4.32. The molecule has 1 fully saturated rings. The van der Waals surface area contributed by atoms with E-state index < -0.39 is 11.7 Å². The van der Waals surface area contributed by atoms with Crippen molar-refractivity contribution in [1.29, 1.82) is 0 Å². The maximum absolute atomic E-state index is 13.5. The SMILES string of the molecule is CC1CCCC(CNc2cc(C(F)(F)F)cc3c2Cc2ccc(Br)cc2S3)C1. The molecule has 6 heteroatoms. The Morgan fingerprint density at radius 3 is 2.71 bits per heavy atom. The molecule has 1 aliphatic heterocycles. The molecule has 28 heavy (non-hydrogen) atoms. The molecule has 1 nitrogen and oxygen atoms in total. The van der Waals surface area contributed by atoms with Crippen LogP contribution in [0.4, 0.5) is 18.9 Å². The molecule has 1 N–H and O–H groups in total. The molecular weight excluding hydrogens is 447 g/mol. The number of alkyl halides is 3. The van der Waals surface area contributed by atoms with E-state index in [1.54, 1.807) is 0 Å². The van der Waals surface area contributed by atoms with Gasteiger partial charge in [-0.15, -0.1) is 0 Å². The summed E-state index contributed by atoms with van der Waals surface area (Å²) in [4.78, 5) is 1.73. The van der Waals surface area contributed by atoms with E-state index in [-0.39, 0.29) is 0 Å². The van der Waals surface area contributed by atoms with Crippen molar-refractivity contribution >= 4 is 33.4 Å². The number of benzene rings is 2. The molecule has 0 amide bonds. The molecule has 1 aliphatic carbocycles. The smallest absolute Gasteiger partial charge is 0.384 e. The molecule has 2 unspecified atom stereocenters. The van der Waals surface area contributed by atoms with Gasteiger partial charge in [-0.25, -0.2) is 0 Å². The Balaban J connectivity index is 1.64. The molecule has 1 saturated carbocycles. The highest BCUT2D eigenvalue weighted by Gasteiger charge is 2.33. The van der Waals surface area contributed by atoms with E-state index in [0.717, 1.165) is 39.9 Å². The van der Waals surface area contributed by atoms with Gasteiger partial charge in [0.25, 0.3) is 0 Å². The molecule has 2 aliphatic rings. The van der Waals surface area contributed by atoms with Gasteiger partial charge in [0, 0.05) is 32.9 Å². The van der Waals surface area contributed by atoms with Gasteiger partial charge >= 0.3 is 6.18 Å². The lowest BCUT2D eigenvalue weighted by Crippen LogP contribution is -2.22. The number of rotatable bonds is 3. The van der Waals surface area contributed by atoms with E-state index in [4.69, 9.17) is 0 Å². The molecule has 0 bridgehead atoms. The molecule has 2 aromatic rings. The number of hydrogen-bond acceptors (Lipinski definition) is 2. The van der Waals surface area contributed by atoms with E-state index in [0.29, 0.717) is 28.8 Å². The van der Waals surface area contributed by atoms with E-state index in [2.05, 4.69) is 34.2 Å². The van der Waals surface area contributed by atoms with Crippen LogP contribution < -0.4 is 5.32 Å². The van der Waals surface area contributed by atoms with Crippen LogP contribution in [0, 0.1) is 11.8 Å². The highest BCUT2D eigenvalue weighted by molar-refractivity contribution is 9.10. The van der Waals surface area contributed by atoms with Crippen molar-refractivity contribution in [2.24, 2.45) is 11.8 Å². The zero-order valence-electron chi connectivity index (χ0n) is 15.7. The normalized spacial score (nSPS) is 21.8. The largest absolute Gasteiger partial charge is 0.416 e. The molecule has 1 heterocycles. The van der Waals surface area contributed by atoms with Crippen LogP contribution in [-0.2, 0) is 12.6 Å². The van der Waals surface area contributed by atoms with Crippen LogP contribution in [0.25, 0.3) is 0 Å². The molecule has 0 saturated heterocycles. The Kier molecular flexibility index (Phi) is 5.71. The van der Waals surface area contributed by atoms with Crippen LogP contribution in [0.15, 0.2) is 44.6 Å². The summed E-state index contributed by atoms with van der Waals surface area (Å²) in [5, 5.41) is 3.40. The molecule has 2 aromatic carbocycles. The van der Waals surface area contributed by atoms with E-state index in [1.807, 2.05) is 12.1 Å². The van der Waals surface area contributed by atoms with Crippen molar-refractivity contribution in [3.8, 4) is 0 Å². The summed E-state index contributed by atoms with van der Waals surface area (Å²) in [5.74, 6) is 1.24. The summed E-state index contributed by atoms with van der Waals surface area (Å²) in [6, 6.07) is 8.64. The van der Waals surface area contributed by atoms with Gasteiger partial charge in [0.2, 0.25) is 0 Å². The van der Waals surface area contributed by atoms with Crippen molar-refractivity contribution in [2.45, 2.75) is 55.0 Å². The predicted molar refractivity (Wildman–Crippen MR) is 112 cm³/mol. The van der Waals surface area contributed by atoms with Crippen molar-refractivity contribution in [1.82, 2.24) is 0 Å². The first-order valence-corrected chi connectivity index (χ1v) is 11.3. The van der Waals surface area contributed by atoms with Gasteiger partial charge in [0.1, 0.15) is 0 Å². The standard InChI is InChI=1S/C22H23BrF3NS/c1-13-3-2-4-14(7-13)12-27-19-9-16(22(24,25)26)10-21-18(19)8-15-5-6-17(23)11-20(15)28-21/h5-6,9-11,13-14,27H,2-4,7-8,12H2,1H3. The number of halogens is 4. The summed E-state index contributed by atoms with van der Waals surface area (Å²) in [6.45, 7) is 3.01. The van der Waals surface area contributed by atoms with Crippen LogP contribution in [0.1, 0.15) is 49.3 Å². The zero-order chi connectivity index (χ0) is 19.9. The lowest BCUT2D eigenvalue weighted by atomic mass is 9.82. The first kappa shape index (κ1) is 20.1. The third-order valence-corrected chi connectivity index (χ3v) is 7.46. The molecule has 0 spiro atoms. The monoisotopic (exact) mass is 469 g/mol. The van der Waals surface area contributed by atoms with Crippen LogP contribution in [-0.4, -0.2) is 6.54 Å². The Labute approximate surface area is 176 Å². The third kappa shape index (κ3) is 4.38. The minimum Gasteiger partial charge on any atom is -0.384 e. The third-order valence-electron chi connectivity index (χ3n) is 5.78. The lowest BCUT2D eigenvalue weighted by Gasteiger charge is -2.29. The maximum atomic E-state index is 13.5. The molecule has 0 radical (unpaired) electrons. The van der Waals surface area contributed by atoms with Crippen molar-refractivity contribution in [2.75, 3.05) is 11.9 Å². The Bertz CT molecular complexity index is 881.